The van der Waals surface area contributed by atoms with Crippen LogP contribution in [0.15, 0.2) is 71.8 Å². The predicted octanol–water partition coefficient (Wildman–Crippen LogP) is 3.18. The number of nitriles is 1. The van der Waals surface area contributed by atoms with Crippen molar-refractivity contribution in [1.29, 1.82) is 5.26 Å². The van der Waals surface area contributed by atoms with Crippen molar-refractivity contribution in [3.05, 3.63) is 89.0 Å². The van der Waals surface area contributed by atoms with Crippen molar-refractivity contribution in [2.45, 2.75) is 6.92 Å². The van der Waals surface area contributed by atoms with Gasteiger partial charge in [0.1, 0.15) is 0 Å². The largest absolute Gasteiger partial charge is 0.493 e. The average Bonchev–Trinajstić information content (AvgIpc) is 2.85. The summed E-state index contributed by atoms with van der Waals surface area (Å²) < 4.78 is 10.7. The molecule has 0 aromatic heterocycles. The topological polar surface area (TPSA) is 130 Å². The number of hydrazone groups is 1. The van der Waals surface area contributed by atoms with Crippen molar-refractivity contribution in [3.8, 4) is 17.6 Å². The van der Waals surface area contributed by atoms with Crippen LogP contribution in [0.4, 0.5) is 5.69 Å². The Hall–Kier alpha value is -4.97. The number of ether oxygens (including phenoxy) is 2. The molecule has 0 aliphatic rings. The fourth-order valence-electron chi connectivity index (χ4n) is 2.81. The van der Waals surface area contributed by atoms with Crippen LogP contribution in [0.25, 0.3) is 0 Å². The molecule has 2 amide bonds. The molecule has 3 aromatic rings. The first-order valence-electron chi connectivity index (χ1n) is 10.0. The molecule has 2 N–H and O–H groups in total. The van der Waals surface area contributed by atoms with Crippen molar-refractivity contribution in [2.24, 2.45) is 5.10 Å². The SMILES string of the molecule is COc1cc(/C=N/NC(=O)C(=O)Nc2ccc(C#N)cc2)ccc1OC(=O)c1cccc(C)c1. The molecule has 0 fully saturated rings. The number of amides is 2. The van der Waals surface area contributed by atoms with E-state index in [0.29, 0.717) is 22.4 Å². The van der Waals surface area contributed by atoms with Crippen molar-refractivity contribution in [3.63, 3.8) is 0 Å². The van der Waals surface area contributed by atoms with Crippen LogP contribution in [0.1, 0.15) is 27.0 Å². The van der Waals surface area contributed by atoms with Gasteiger partial charge in [-0.15, -0.1) is 0 Å². The number of aryl methyl sites for hydroxylation is 1. The zero-order valence-electron chi connectivity index (χ0n) is 18.4. The zero-order valence-corrected chi connectivity index (χ0v) is 18.4. The van der Waals surface area contributed by atoms with E-state index in [1.807, 2.05) is 19.1 Å². The standard InChI is InChI=1S/C25H20N4O5/c1-16-4-3-5-19(12-16)25(32)34-21-11-8-18(13-22(21)33-2)15-27-29-24(31)23(30)28-20-9-6-17(14-26)7-10-20/h3-13,15H,1-2H3,(H,28,30)(H,29,31)/b27-15+. The lowest BCUT2D eigenvalue weighted by atomic mass is 10.1. The fourth-order valence-corrected chi connectivity index (χ4v) is 2.81. The van der Waals surface area contributed by atoms with Crippen LogP contribution in [0.5, 0.6) is 11.5 Å². The average molecular weight is 456 g/mol. The number of rotatable bonds is 6. The molecule has 0 saturated heterocycles. The summed E-state index contributed by atoms with van der Waals surface area (Å²) in [6, 6.07) is 19.7. The number of benzene rings is 3. The molecule has 0 spiro atoms. The highest BCUT2D eigenvalue weighted by Gasteiger charge is 2.14. The van der Waals surface area contributed by atoms with E-state index in [9.17, 15) is 14.4 Å². The van der Waals surface area contributed by atoms with E-state index in [0.717, 1.165) is 5.56 Å². The van der Waals surface area contributed by atoms with Crippen LogP contribution in [0.2, 0.25) is 0 Å². The number of carbonyl (C=O) groups is 3. The number of carbonyl (C=O) groups excluding carboxylic acids is 3. The Morgan fingerprint density at radius 1 is 0.971 bits per heavy atom. The third-order valence-corrected chi connectivity index (χ3v) is 4.50. The zero-order chi connectivity index (χ0) is 24.5. The lowest BCUT2D eigenvalue weighted by molar-refractivity contribution is -0.136. The minimum atomic E-state index is -0.976. The van der Waals surface area contributed by atoms with Crippen LogP contribution in [0, 0.1) is 18.3 Å². The Morgan fingerprint density at radius 3 is 2.41 bits per heavy atom. The highest BCUT2D eigenvalue weighted by atomic mass is 16.6. The van der Waals surface area contributed by atoms with Crippen molar-refractivity contribution < 1.29 is 23.9 Å². The first kappa shape index (κ1) is 23.7. The Kier molecular flexibility index (Phi) is 7.71. The van der Waals surface area contributed by atoms with Crippen LogP contribution >= 0.6 is 0 Å². The minimum absolute atomic E-state index is 0.219. The molecule has 0 aliphatic carbocycles. The van der Waals surface area contributed by atoms with E-state index in [2.05, 4.69) is 15.8 Å². The van der Waals surface area contributed by atoms with E-state index < -0.39 is 17.8 Å². The van der Waals surface area contributed by atoms with Gasteiger partial charge in [0, 0.05) is 5.69 Å². The van der Waals surface area contributed by atoms with Gasteiger partial charge in [-0.2, -0.15) is 10.4 Å². The summed E-state index contributed by atoms with van der Waals surface area (Å²) >= 11 is 0. The Labute approximate surface area is 195 Å². The molecule has 3 aromatic carbocycles. The number of methoxy groups -OCH3 is 1. The smallest absolute Gasteiger partial charge is 0.343 e. The van der Waals surface area contributed by atoms with Gasteiger partial charge in [-0.25, -0.2) is 10.2 Å². The molecular weight excluding hydrogens is 436 g/mol. The summed E-state index contributed by atoms with van der Waals surface area (Å²) in [5.74, 6) is -1.91. The van der Waals surface area contributed by atoms with Crippen molar-refractivity contribution in [2.75, 3.05) is 12.4 Å². The molecule has 0 bridgehead atoms. The quantitative estimate of drug-likeness (QED) is 0.193. The summed E-state index contributed by atoms with van der Waals surface area (Å²) in [7, 11) is 1.43. The van der Waals surface area contributed by atoms with E-state index >= 15 is 0 Å². The number of hydrogen-bond acceptors (Lipinski definition) is 7. The molecule has 9 heteroatoms. The summed E-state index contributed by atoms with van der Waals surface area (Å²) in [5, 5.41) is 14.9. The molecule has 3 rings (SSSR count). The highest BCUT2D eigenvalue weighted by molar-refractivity contribution is 6.39. The summed E-state index contributed by atoms with van der Waals surface area (Å²) in [6.07, 6.45) is 1.31. The molecule has 34 heavy (non-hydrogen) atoms. The fraction of sp³-hybridized carbons (Fsp3) is 0.0800. The molecule has 0 aliphatic heterocycles. The summed E-state index contributed by atoms with van der Waals surface area (Å²) in [6.45, 7) is 1.88. The third-order valence-electron chi connectivity index (χ3n) is 4.50. The van der Waals surface area contributed by atoms with Gasteiger partial charge >= 0.3 is 17.8 Å². The van der Waals surface area contributed by atoms with Gasteiger partial charge in [0.05, 0.1) is 30.5 Å². The monoisotopic (exact) mass is 456 g/mol. The van der Waals surface area contributed by atoms with Gasteiger partial charge in [0.2, 0.25) is 0 Å². The molecular formula is C25H20N4O5. The predicted molar refractivity (Wildman–Crippen MR) is 125 cm³/mol. The first-order chi connectivity index (χ1) is 16.4. The molecule has 0 unspecified atom stereocenters. The van der Waals surface area contributed by atoms with Crippen molar-refractivity contribution >= 4 is 29.7 Å². The van der Waals surface area contributed by atoms with E-state index in [-0.39, 0.29) is 11.5 Å². The molecule has 0 radical (unpaired) electrons. The maximum Gasteiger partial charge on any atom is 0.343 e. The Morgan fingerprint density at radius 2 is 1.74 bits per heavy atom. The lowest BCUT2D eigenvalue weighted by Crippen LogP contribution is -2.32. The van der Waals surface area contributed by atoms with Crippen molar-refractivity contribution in [1.82, 2.24) is 5.43 Å². The normalized spacial score (nSPS) is 10.3. The van der Waals surface area contributed by atoms with Crippen LogP contribution < -0.4 is 20.2 Å². The first-order valence-corrected chi connectivity index (χ1v) is 10.0. The molecule has 170 valence electrons. The van der Waals surface area contributed by atoms with Gasteiger partial charge in [0.25, 0.3) is 0 Å². The maximum absolute atomic E-state index is 12.4. The van der Waals surface area contributed by atoms with Gasteiger partial charge < -0.3 is 14.8 Å². The van der Waals surface area contributed by atoms with Crippen LogP contribution in [0.3, 0.4) is 0 Å². The lowest BCUT2D eigenvalue weighted by Gasteiger charge is -2.10. The molecule has 0 atom stereocenters. The maximum atomic E-state index is 12.4. The molecule has 0 saturated carbocycles. The third kappa shape index (κ3) is 6.27. The second-order valence-electron chi connectivity index (χ2n) is 7.01. The number of anilines is 1. The number of nitrogens with one attached hydrogen (secondary N) is 2. The van der Waals surface area contributed by atoms with Gasteiger partial charge in [-0.1, -0.05) is 17.7 Å². The minimum Gasteiger partial charge on any atom is -0.493 e. The van der Waals surface area contributed by atoms with Crippen LogP contribution in [-0.2, 0) is 9.59 Å². The second-order valence-corrected chi connectivity index (χ2v) is 7.01. The van der Waals surface area contributed by atoms with Crippen LogP contribution in [-0.4, -0.2) is 31.1 Å². The van der Waals surface area contributed by atoms with E-state index in [4.69, 9.17) is 14.7 Å². The molecule has 9 nitrogen and oxygen atoms in total. The van der Waals surface area contributed by atoms with Gasteiger partial charge in [-0.05, 0) is 67.1 Å². The molecule has 0 heterocycles. The second kappa shape index (κ2) is 11.1. The van der Waals surface area contributed by atoms with Gasteiger partial charge in [-0.3, -0.25) is 9.59 Å². The van der Waals surface area contributed by atoms with E-state index in [1.54, 1.807) is 30.3 Å². The Bertz CT molecular complexity index is 1290. The number of hydrogen-bond donors (Lipinski definition) is 2. The summed E-state index contributed by atoms with van der Waals surface area (Å²) in [4.78, 5) is 36.3. The number of nitrogens with zero attached hydrogens (tertiary/aromatic N) is 2. The highest BCUT2D eigenvalue weighted by Crippen LogP contribution is 2.28. The summed E-state index contributed by atoms with van der Waals surface area (Å²) in [5.41, 5.74) is 4.79. The Balaban J connectivity index is 1.59. The van der Waals surface area contributed by atoms with Gasteiger partial charge in [0.15, 0.2) is 11.5 Å². The number of esters is 1. The van der Waals surface area contributed by atoms with E-state index in [1.165, 1.54) is 43.7 Å².